The van der Waals surface area contributed by atoms with E-state index in [-0.39, 0.29) is 6.03 Å². The Balaban J connectivity index is 1.86. The Morgan fingerprint density at radius 1 is 1.17 bits per heavy atom. The molecule has 2 N–H and O–H groups in total. The van der Waals surface area contributed by atoms with E-state index in [9.17, 15) is 9.59 Å². The average Bonchev–Trinajstić information content (AvgIpc) is 2.81. The molecule has 2 aliphatic rings. The van der Waals surface area contributed by atoms with Crippen molar-refractivity contribution in [3.63, 3.8) is 0 Å². The van der Waals surface area contributed by atoms with Crippen molar-refractivity contribution in [2.45, 2.75) is 18.9 Å². The van der Waals surface area contributed by atoms with Crippen molar-refractivity contribution in [3.8, 4) is 0 Å². The molecule has 0 saturated carbocycles. The van der Waals surface area contributed by atoms with Crippen LogP contribution >= 0.6 is 0 Å². The van der Waals surface area contributed by atoms with Crippen molar-refractivity contribution < 1.29 is 14.7 Å². The number of carboxylic acid groups (broad SMARTS) is 1. The molecule has 2 rings (SSSR count). The summed E-state index contributed by atoms with van der Waals surface area (Å²) in [7, 11) is 2.04. The molecule has 2 heterocycles. The maximum Gasteiger partial charge on any atom is 0.332 e. The highest BCUT2D eigenvalue weighted by molar-refractivity contribution is 5.83. The van der Waals surface area contributed by atoms with Crippen molar-refractivity contribution in [1.82, 2.24) is 20.2 Å². The van der Waals surface area contributed by atoms with Crippen LogP contribution in [0.15, 0.2) is 0 Å². The fourth-order valence-corrected chi connectivity index (χ4v) is 2.38. The Labute approximate surface area is 106 Å². The number of likely N-dealkylation sites (tertiary alicyclic amines) is 1. The summed E-state index contributed by atoms with van der Waals surface area (Å²) in [5, 5.41) is 10.9. The van der Waals surface area contributed by atoms with Gasteiger partial charge in [-0.05, 0) is 19.9 Å². The van der Waals surface area contributed by atoms with E-state index >= 15 is 0 Å². The van der Waals surface area contributed by atoms with Crippen LogP contribution in [0.4, 0.5) is 4.79 Å². The first kappa shape index (κ1) is 13.1. The van der Waals surface area contributed by atoms with Gasteiger partial charge < -0.3 is 14.9 Å². The number of rotatable bonds is 2. The first-order chi connectivity index (χ1) is 8.58. The third kappa shape index (κ3) is 2.91. The van der Waals surface area contributed by atoms with E-state index in [1.165, 1.54) is 4.90 Å². The molecule has 1 unspecified atom stereocenters. The Morgan fingerprint density at radius 2 is 1.83 bits per heavy atom. The van der Waals surface area contributed by atoms with E-state index in [2.05, 4.69) is 10.3 Å². The predicted octanol–water partition coefficient (Wildman–Crippen LogP) is -0.593. The molecule has 0 spiro atoms. The molecule has 0 aromatic rings. The summed E-state index contributed by atoms with van der Waals surface area (Å²) >= 11 is 0. The van der Waals surface area contributed by atoms with E-state index in [4.69, 9.17) is 5.11 Å². The molecule has 0 bridgehead atoms. The van der Waals surface area contributed by atoms with Gasteiger partial charge in [-0.1, -0.05) is 0 Å². The lowest BCUT2D eigenvalue weighted by Crippen LogP contribution is -2.56. The second kappa shape index (κ2) is 5.53. The predicted molar refractivity (Wildman–Crippen MR) is 65.0 cm³/mol. The van der Waals surface area contributed by atoms with Gasteiger partial charge in [0.05, 0.1) is 0 Å². The third-order valence-electron chi connectivity index (χ3n) is 3.56. The highest BCUT2D eigenvalue weighted by Gasteiger charge is 2.34. The highest BCUT2D eigenvalue weighted by Crippen LogP contribution is 2.17. The molecule has 7 heteroatoms. The van der Waals surface area contributed by atoms with E-state index in [0.29, 0.717) is 13.0 Å². The Bertz CT molecular complexity index is 328. The minimum Gasteiger partial charge on any atom is -0.480 e. The van der Waals surface area contributed by atoms with Crippen LogP contribution in [-0.4, -0.2) is 77.7 Å². The summed E-state index contributed by atoms with van der Waals surface area (Å²) in [6, 6.07) is -0.957. The van der Waals surface area contributed by atoms with Crippen LogP contribution in [0.2, 0.25) is 0 Å². The molecule has 2 saturated heterocycles. The van der Waals surface area contributed by atoms with Crippen LogP contribution in [0.3, 0.4) is 0 Å². The van der Waals surface area contributed by atoms with Crippen LogP contribution in [-0.2, 0) is 4.79 Å². The van der Waals surface area contributed by atoms with Gasteiger partial charge in [-0.15, -0.1) is 0 Å². The first-order valence-corrected chi connectivity index (χ1v) is 6.31. The standard InChI is InChI=1S/C11H20N4O3/c1-13-5-7-14(8-6-13)12-11(18)15-4-2-3-9(15)10(16)17/h9H,2-8H2,1H3,(H,12,18)(H,16,17). The van der Waals surface area contributed by atoms with Crippen molar-refractivity contribution in [2.75, 3.05) is 39.8 Å². The van der Waals surface area contributed by atoms with Crippen molar-refractivity contribution >= 4 is 12.0 Å². The number of urea groups is 1. The van der Waals surface area contributed by atoms with Crippen molar-refractivity contribution in [3.05, 3.63) is 0 Å². The summed E-state index contributed by atoms with van der Waals surface area (Å²) in [6.45, 7) is 3.88. The first-order valence-electron chi connectivity index (χ1n) is 6.31. The lowest BCUT2D eigenvalue weighted by atomic mass is 10.2. The largest absolute Gasteiger partial charge is 0.480 e. The van der Waals surface area contributed by atoms with Gasteiger partial charge in [0.1, 0.15) is 6.04 Å². The fraction of sp³-hybridized carbons (Fsp3) is 0.818. The van der Waals surface area contributed by atoms with Crippen LogP contribution in [0.1, 0.15) is 12.8 Å². The second-order valence-corrected chi connectivity index (χ2v) is 4.90. The third-order valence-corrected chi connectivity index (χ3v) is 3.56. The molecule has 102 valence electrons. The highest BCUT2D eigenvalue weighted by atomic mass is 16.4. The van der Waals surface area contributed by atoms with Gasteiger partial charge >= 0.3 is 12.0 Å². The summed E-state index contributed by atoms with van der Waals surface area (Å²) in [5.41, 5.74) is 2.80. The van der Waals surface area contributed by atoms with Crippen LogP contribution < -0.4 is 5.43 Å². The molecule has 0 aliphatic carbocycles. The summed E-state index contributed by atoms with van der Waals surface area (Å²) in [4.78, 5) is 26.6. The van der Waals surface area contributed by atoms with Crippen LogP contribution in [0, 0.1) is 0 Å². The summed E-state index contributed by atoms with van der Waals surface area (Å²) < 4.78 is 0. The van der Waals surface area contributed by atoms with Gasteiger partial charge in [-0.2, -0.15) is 0 Å². The molecule has 0 aromatic carbocycles. The maximum absolute atomic E-state index is 12.0. The SMILES string of the molecule is CN1CCN(NC(=O)N2CCCC2C(=O)O)CC1. The maximum atomic E-state index is 12.0. The number of carbonyl (C=O) groups excluding carboxylic acids is 1. The number of carboxylic acids is 1. The summed E-state index contributed by atoms with van der Waals surface area (Å²) in [5.74, 6) is -0.916. The molecule has 2 amide bonds. The Kier molecular flexibility index (Phi) is 4.03. The van der Waals surface area contributed by atoms with E-state index in [1.54, 1.807) is 0 Å². The Hall–Kier alpha value is -1.34. The molecular weight excluding hydrogens is 236 g/mol. The van der Waals surface area contributed by atoms with Gasteiger partial charge in [0.2, 0.25) is 0 Å². The fourth-order valence-electron chi connectivity index (χ4n) is 2.38. The van der Waals surface area contributed by atoms with E-state index in [1.807, 2.05) is 12.1 Å². The van der Waals surface area contributed by atoms with E-state index in [0.717, 1.165) is 32.6 Å². The minimum absolute atomic E-state index is 0.288. The van der Waals surface area contributed by atoms with Crippen LogP contribution in [0.5, 0.6) is 0 Å². The number of nitrogens with one attached hydrogen (secondary N) is 1. The second-order valence-electron chi connectivity index (χ2n) is 4.90. The number of piperazine rings is 1. The Morgan fingerprint density at radius 3 is 2.44 bits per heavy atom. The molecule has 2 aliphatic heterocycles. The van der Waals surface area contributed by atoms with E-state index < -0.39 is 12.0 Å². The molecule has 0 aromatic heterocycles. The molecule has 0 radical (unpaired) electrons. The molecule has 18 heavy (non-hydrogen) atoms. The molecule has 7 nitrogen and oxygen atoms in total. The number of likely N-dealkylation sites (N-methyl/N-ethyl adjacent to an activating group) is 1. The smallest absolute Gasteiger partial charge is 0.332 e. The van der Waals surface area contributed by atoms with Gasteiger partial charge in [-0.25, -0.2) is 14.6 Å². The number of hydrogen-bond donors (Lipinski definition) is 2. The number of aliphatic carboxylic acids is 1. The monoisotopic (exact) mass is 256 g/mol. The topological polar surface area (TPSA) is 76.1 Å². The van der Waals surface area contributed by atoms with Gasteiger partial charge in [-0.3, -0.25) is 5.43 Å². The van der Waals surface area contributed by atoms with Gasteiger partial charge in [0.15, 0.2) is 0 Å². The number of hydrogen-bond acceptors (Lipinski definition) is 4. The van der Waals surface area contributed by atoms with Gasteiger partial charge in [0, 0.05) is 32.7 Å². The minimum atomic E-state index is -0.916. The zero-order chi connectivity index (χ0) is 13.1. The number of amides is 2. The zero-order valence-corrected chi connectivity index (χ0v) is 10.6. The average molecular weight is 256 g/mol. The molecule has 1 atom stereocenters. The lowest BCUT2D eigenvalue weighted by molar-refractivity contribution is -0.141. The zero-order valence-electron chi connectivity index (χ0n) is 10.6. The van der Waals surface area contributed by atoms with Crippen molar-refractivity contribution in [1.29, 1.82) is 0 Å². The van der Waals surface area contributed by atoms with Gasteiger partial charge in [0.25, 0.3) is 0 Å². The number of nitrogens with zero attached hydrogens (tertiary/aromatic N) is 3. The number of hydrazine groups is 1. The number of carbonyl (C=O) groups is 2. The van der Waals surface area contributed by atoms with Crippen molar-refractivity contribution in [2.24, 2.45) is 0 Å². The molecular formula is C11H20N4O3. The quantitative estimate of drug-likeness (QED) is 0.690. The molecule has 2 fully saturated rings. The summed E-state index contributed by atoms with van der Waals surface area (Å²) in [6.07, 6.45) is 1.30. The normalized spacial score (nSPS) is 26.3. The van der Waals surface area contributed by atoms with Crippen LogP contribution in [0.25, 0.3) is 0 Å². The lowest BCUT2D eigenvalue weighted by Gasteiger charge is -2.34.